The first-order chi connectivity index (χ1) is 10.4. The number of nitrogens with zero attached hydrogens (tertiary/aromatic N) is 1. The third-order valence-corrected chi connectivity index (χ3v) is 3.13. The van der Waals surface area contributed by atoms with Crippen molar-refractivity contribution in [2.24, 2.45) is 0 Å². The molecule has 1 aromatic heterocycles. The van der Waals surface area contributed by atoms with Crippen LogP contribution < -0.4 is 15.4 Å². The lowest BCUT2D eigenvalue weighted by Gasteiger charge is -2.12. The number of rotatable bonds is 4. The molecule has 0 fully saturated rings. The van der Waals surface area contributed by atoms with E-state index >= 15 is 0 Å². The Kier molecular flexibility index (Phi) is 4.70. The Balaban J connectivity index is 1.86. The van der Waals surface area contributed by atoms with Crippen LogP contribution in [0.2, 0.25) is 0 Å². The van der Waals surface area contributed by atoms with Crippen LogP contribution in [0.4, 0.5) is 10.7 Å². The Labute approximate surface area is 129 Å². The summed E-state index contributed by atoms with van der Waals surface area (Å²) in [6, 6.07) is 8.87. The Bertz CT molecular complexity index is 627. The van der Waals surface area contributed by atoms with Gasteiger partial charge in [0.05, 0.1) is 12.8 Å². The van der Waals surface area contributed by atoms with Crippen molar-refractivity contribution >= 4 is 11.9 Å². The topological polar surface area (TPSA) is 76.4 Å². The van der Waals surface area contributed by atoms with Crippen LogP contribution in [0, 0.1) is 0 Å². The van der Waals surface area contributed by atoms with Gasteiger partial charge in [-0.1, -0.05) is 38.1 Å². The van der Waals surface area contributed by atoms with Crippen LogP contribution >= 0.6 is 0 Å². The van der Waals surface area contributed by atoms with Gasteiger partial charge >= 0.3 is 6.03 Å². The zero-order valence-electron chi connectivity index (χ0n) is 13.3. The van der Waals surface area contributed by atoms with Crippen LogP contribution in [0.15, 0.2) is 34.9 Å². The normalized spacial score (nSPS) is 11.1. The average Bonchev–Trinajstić information content (AvgIpc) is 2.94. The second-order valence-electron chi connectivity index (χ2n) is 5.98. The van der Waals surface area contributed by atoms with E-state index in [4.69, 9.17) is 9.26 Å². The van der Waals surface area contributed by atoms with E-state index < -0.39 is 0 Å². The van der Waals surface area contributed by atoms with Gasteiger partial charge in [0.1, 0.15) is 5.75 Å². The molecule has 6 heteroatoms. The summed E-state index contributed by atoms with van der Waals surface area (Å²) in [5, 5.41) is 9.32. The smallest absolute Gasteiger partial charge is 0.321 e. The molecule has 22 heavy (non-hydrogen) atoms. The SMILES string of the molecule is COc1ccc(CNC(=O)Nc2cc(C(C)(C)C)no2)cc1. The summed E-state index contributed by atoms with van der Waals surface area (Å²) in [6.45, 7) is 6.49. The van der Waals surface area contributed by atoms with Crippen molar-refractivity contribution in [3.63, 3.8) is 0 Å². The molecule has 0 saturated carbocycles. The lowest BCUT2D eigenvalue weighted by atomic mass is 9.92. The maximum atomic E-state index is 11.8. The summed E-state index contributed by atoms with van der Waals surface area (Å²) in [6.07, 6.45) is 0. The van der Waals surface area contributed by atoms with Gasteiger partial charge in [0.2, 0.25) is 5.88 Å². The Morgan fingerprint density at radius 3 is 2.50 bits per heavy atom. The molecule has 0 spiro atoms. The number of nitrogens with one attached hydrogen (secondary N) is 2. The van der Waals surface area contributed by atoms with E-state index in [-0.39, 0.29) is 11.4 Å². The number of carbonyl (C=O) groups excluding carboxylic acids is 1. The molecule has 6 nitrogen and oxygen atoms in total. The summed E-state index contributed by atoms with van der Waals surface area (Å²) in [5.74, 6) is 1.11. The summed E-state index contributed by atoms with van der Waals surface area (Å²) >= 11 is 0. The molecule has 0 atom stereocenters. The molecule has 2 aromatic rings. The van der Waals surface area contributed by atoms with Gasteiger partial charge in [0, 0.05) is 18.0 Å². The second-order valence-corrected chi connectivity index (χ2v) is 5.98. The van der Waals surface area contributed by atoms with Crippen molar-refractivity contribution in [1.82, 2.24) is 10.5 Å². The molecule has 0 unspecified atom stereocenters. The molecular weight excluding hydrogens is 282 g/mol. The molecule has 0 aliphatic heterocycles. The first kappa shape index (κ1) is 15.9. The number of anilines is 1. The number of amides is 2. The molecule has 1 aromatic carbocycles. The van der Waals surface area contributed by atoms with E-state index in [2.05, 4.69) is 15.8 Å². The van der Waals surface area contributed by atoms with Crippen molar-refractivity contribution in [2.75, 3.05) is 12.4 Å². The van der Waals surface area contributed by atoms with E-state index in [1.165, 1.54) is 0 Å². The van der Waals surface area contributed by atoms with Gasteiger partial charge in [-0.2, -0.15) is 0 Å². The van der Waals surface area contributed by atoms with Gasteiger partial charge < -0.3 is 14.6 Å². The molecule has 0 bridgehead atoms. The van der Waals surface area contributed by atoms with Crippen LogP contribution in [0.1, 0.15) is 32.0 Å². The maximum Gasteiger partial charge on any atom is 0.321 e. The average molecular weight is 303 g/mol. The van der Waals surface area contributed by atoms with Gasteiger partial charge in [-0.15, -0.1) is 0 Å². The Morgan fingerprint density at radius 1 is 1.27 bits per heavy atom. The predicted octanol–water partition coefficient (Wildman–Crippen LogP) is 3.30. The first-order valence-corrected chi connectivity index (χ1v) is 7.03. The summed E-state index contributed by atoms with van der Waals surface area (Å²) < 4.78 is 10.2. The first-order valence-electron chi connectivity index (χ1n) is 7.03. The molecule has 2 N–H and O–H groups in total. The third-order valence-electron chi connectivity index (χ3n) is 3.13. The molecule has 0 radical (unpaired) electrons. The highest BCUT2D eigenvalue weighted by Gasteiger charge is 2.19. The molecule has 2 amide bonds. The molecule has 0 saturated heterocycles. The third kappa shape index (κ3) is 4.25. The predicted molar refractivity (Wildman–Crippen MR) is 84.1 cm³/mol. The van der Waals surface area contributed by atoms with E-state index in [0.29, 0.717) is 12.4 Å². The zero-order valence-corrected chi connectivity index (χ0v) is 13.3. The van der Waals surface area contributed by atoms with E-state index in [1.54, 1.807) is 13.2 Å². The van der Waals surface area contributed by atoms with Crippen LogP contribution in [-0.2, 0) is 12.0 Å². The monoisotopic (exact) mass is 303 g/mol. The number of carbonyl (C=O) groups is 1. The van der Waals surface area contributed by atoms with Gasteiger partial charge in [0.25, 0.3) is 0 Å². The Hall–Kier alpha value is -2.50. The van der Waals surface area contributed by atoms with Crippen LogP contribution in [0.3, 0.4) is 0 Å². The molecular formula is C16H21N3O3. The minimum atomic E-state index is -0.340. The van der Waals surface area contributed by atoms with Crippen LogP contribution in [0.25, 0.3) is 0 Å². The standard InChI is InChI=1S/C16H21N3O3/c1-16(2,3)13-9-14(22-19-13)18-15(20)17-10-11-5-7-12(21-4)8-6-11/h5-9H,10H2,1-4H3,(H2,17,18,20). The second kappa shape index (κ2) is 6.51. The highest BCUT2D eigenvalue weighted by atomic mass is 16.5. The number of hydrogen-bond acceptors (Lipinski definition) is 4. The van der Waals surface area contributed by atoms with Crippen molar-refractivity contribution in [2.45, 2.75) is 32.7 Å². The summed E-state index contributed by atoms with van der Waals surface area (Å²) in [5.41, 5.74) is 1.64. The summed E-state index contributed by atoms with van der Waals surface area (Å²) in [7, 11) is 1.62. The number of ether oxygens (including phenoxy) is 1. The number of hydrogen-bond donors (Lipinski definition) is 2. The van der Waals surface area contributed by atoms with E-state index in [1.807, 2.05) is 45.0 Å². The molecule has 2 rings (SSSR count). The molecule has 118 valence electrons. The molecule has 0 aliphatic rings. The number of aromatic nitrogens is 1. The van der Waals surface area contributed by atoms with Crippen molar-refractivity contribution < 1.29 is 14.1 Å². The summed E-state index contributed by atoms with van der Waals surface area (Å²) in [4.78, 5) is 11.8. The van der Waals surface area contributed by atoms with Gasteiger partial charge in [-0.05, 0) is 17.7 Å². The van der Waals surface area contributed by atoms with Gasteiger partial charge in [-0.25, -0.2) is 4.79 Å². The van der Waals surface area contributed by atoms with Crippen molar-refractivity contribution in [3.8, 4) is 5.75 Å². The largest absolute Gasteiger partial charge is 0.497 e. The molecule has 0 aliphatic carbocycles. The zero-order chi connectivity index (χ0) is 16.2. The highest BCUT2D eigenvalue weighted by Crippen LogP contribution is 2.23. The molecule has 1 heterocycles. The number of methoxy groups -OCH3 is 1. The fourth-order valence-corrected chi connectivity index (χ4v) is 1.77. The minimum Gasteiger partial charge on any atom is -0.497 e. The maximum absolute atomic E-state index is 11.8. The van der Waals surface area contributed by atoms with Gasteiger partial charge in [-0.3, -0.25) is 5.32 Å². The number of urea groups is 1. The Morgan fingerprint density at radius 2 is 1.95 bits per heavy atom. The highest BCUT2D eigenvalue weighted by molar-refractivity contribution is 5.87. The minimum absolute atomic E-state index is 0.122. The number of benzene rings is 1. The lowest BCUT2D eigenvalue weighted by Crippen LogP contribution is -2.27. The van der Waals surface area contributed by atoms with Crippen LogP contribution in [0.5, 0.6) is 5.75 Å². The lowest BCUT2D eigenvalue weighted by molar-refractivity contribution is 0.251. The fraction of sp³-hybridized carbons (Fsp3) is 0.375. The van der Waals surface area contributed by atoms with Crippen molar-refractivity contribution in [3.05, 3.63) is 41.6 Å². The quantitative estimate of drug-likeness (QED) is 0.908. The van der Waals surface area contributed by atoms with Gasteiger partial charge in [0.15, 0.2) is 0 Å². The van der Waals surface area contributed by atoms with Crippen molar-refractivity contribution in [1.29, 1.82) is 0 Å². The van der Waals surface area contributed by atoms with Crippen LogP contribution in [-0.4, -0.2) is 18.3 Å². The van der Waals surface area contributed by atoms with E-state index in [9.17, 15) is 4.79 Å². The van der Waals surface area contributed by atoms with E-state index in [0.717, 1.165) is 17.0 Å². The fourth-order valence-electron chi connectivity index (χ4n) is 1.77.